The van der Waals surface area contributed by atoms with Crippen LogP contribution >= 0.6 is 0 Å². The van der Waals surface area contributed by atoms with Crippen LogP contribution < -0.4 is 20.4 Å². The molecule has 11 nitrogen and oxygen atoms in total. The molecule has 11 heteroatoms. The second-order valence-electron chi connectivity index (χ2n) is 13.1. The third kappa shape index (κ3) is 6.45. The largest absolute Gasteiger partial charge is 0.495 e. The number of H-pyrrole nitrogens is 1. The van der Waals surface area contributed by atoms with Gasteiger partial charge >= 0.3 is 0 Å². The number of piperidine rings is 2. The maximum atomic E-state index is 13.7. The van der Waals surface area contributed by atoms with Crippen molar-refractivity contribution in [3.05, 3.63) is 46.1 Å². The number of morpholine rings is 2. The van der Waals surface area contributed by atoms with Crippen molar-refractivity contribution in [1.29, 1.82) is 5.26 Å². The van der Waals surface area contributed by atoms with E-state index >= 15 is 0 Å². The highest BCUT2D eigenvalue weighted by molar-refractivity contribution is 6.10. The predicted molar refractivity (Wildman–Crippen MR) is 186 cm³/mol. The highest BCUT2D eigenvalue weighted by atomic mass is 16.5. The molecule has 0 unspecified atom stereocenters. The SMILES string of the molecule is C1CC(N2CCOCC2)CCN1.COc1cc2c(=O)c3c4ccc(C#N)cc4[nH]c3n(C)c2cc1N1CCC(N2CCOCC2)CC1. The number of ether oxygens (including phenoxy) is 3. The highest BCUT2D eigenvalue weighted by Crippen LogP contribution is 2.36. The van der Waals surface area contributed by atoms with Crippen LogP contribution in [0.5, 0.6) is 5.75 Å². The molecule has 2 aromatic heterocycles. The van der Waals surface area contributed by atoms with Crippen molar-refractivity contribution < 1.29 is 14.2 Å². The number of nitrogens with one attached hydrogen (secondary N) is 2. The Balaban J connectivity index is 0.000000245. The van der Waals surface area contributed by atoms with Gasteiger partial charge in [0.15, 0.2) is 5.43 Å². The average Bonchev–Trinajstić information content (AvgIpc) is 3.54. The number of rotatable bonds is 4. The van der Waals surface area contributed by atoms with Crippen LogP contribution in [0.4, 0.5) is 5.69 Å². The Morgan fingerprint density at radius 1 is 0.851 bits per heavy atom. The van der Waals surface area contributed by atoms with Gasteiger partial charge in [0.1, 0.15) is 11.4 Å². The van der Waals surface area contributed by atoms with Gasteiger partial charge in [-0.2, -0.15) is 5.26 Å². The molecule has 0 radical (unpaired) electrons. The molecule has 2 aromatic carbocycles. The zero-order valence-electron chi connectivity index (χ0n) is 27.7. The molecule has 4 aliphatic rings. The molecule has 4 fully saturated rings. The number of fused-ring (bicyclic) bond motifs is 4. The molecule has 0 atom stereocenters. The summed E-state index contributed by atoms with van der Waals surface area (Å²) in [4.78, 5) is 24.6. The number of benzene rings is 2. The van der Waals surface area contributed by atoms with Gasteiger partial charge in [-0.3, -0.25) is 14.6 Å². The zero-order valence-corrected chi connectivity index (χ0v) is 27.7. The van der Waals surface area contributed by atoms with Gasteiger partial charge in [-0.1, -0.05) is 6.07 Å². The predicted octanol–water partition coefficient (Wildman–Crippen LogP) is 3.42. The van der Waals surface area contributed by atoms with E-state index < -0.39 is 0 Å². The van der Waals surface area contributed by atoms with Crippen molar-refractivity contribution in [2.75, 3.05) is 90.8 Å². The van der Waals surface area contributed by atoms with E-state index in [2.05, 4.69) is 37.1 Å². The van der Waals surface area contributed by atoms with Gasteiger partial charge in [-0.25, -0.2) is 0 Å². The summed E-state index contributed by atoms with van der Waals surface area (Å²) in [6.07, 6.45) is 4.84. The Kier molecular flexibility index (Phi) is 9.65. The molecule has 0 saturated carbocycles. The van der Waals surface area contributed by atoms with Crippen LogP contribution in [-0.2, 0) is 16.5 Å². The van der Waals surface area contributed by atoms with Gasteiger partial charge in [0.2, 0.25) is 0 Å². The van der Waals surface area contributed by atoms with Gasteiger partial charge in [0, 0.05) is 69.3 Å². The summed E-state index contributed by atoms with van der Waals surface area (Å²) >= 11 is 0. The number of nitriles is 1. The molecule has 0 amide bonds. The first-order valence-corrected chi connectivity index (χ1v) is 17.2. The first-order valence-electron chi connectivity index (χ1n) is 17.2. The van der Waals surface area contributed by atoms with Crippen molar-refractivity contribution in [2.24, 2.45) is 7.05 Å². The minimum absolute atomic E-state index is 0.0278. The Labute approximate surface area is 275 Å². The number of hydrogen-bond donors (Lipinski definition) is 2. The number of aromatic nitrogens is 2. The van der Waals surface area contributed by atoms with E-state index in [0.717, 1.165) is 118 Å². The zero-order chi connectivity index (χ0) is 32.3. The average molecular weight is 642 g/mol. The lowest BCUT2D eigenvalue weighted by atomic mass is 10.0. The standard InChI is InChI=1S/C27H29N5O3.C9H18N2O/c1-30-22-15-23(32-7-5-18(6-8-32)31-9-11-35-12-10-31)24(34-2)14-20(22)26(33)25-19-4-3-17(16-28)13-21(19)29-27(25)30;1-3-10-4-2-9(1)11-5-7-12-8-6-11/h3-4,13-15,18,29H,5-12H2,1-2H3;9-10H,1-8H2. The lowest BCUT2D eigenvalue weighted by Gasteiger charge is -2.41. The van der Waals surface area contributed by atoms with Crippen LogP contribution in [-0.4, -0.2) is 117 Å². The maximum Gasteiger partial charge on any atom is 0.199 e. The lowest BCUT2D eigenvalue weighted by Crippen LogP contribution is -2.49. The number of aromatic amines is 1. The number of anilines is 1. The molecule has 0 bridgehead atoms. The van der Waals surface area contributed by atoms with Crippen LogP contribution in [0.15, 0.2) is 35.1 Å². The number of hydrogen-bond acceptors (Lipinski definition) is 9. The molecule has 2 N–H and O–H groups in total. The van der Waals surface area contributed by atoms with E-state index in [1.54, 1.807) is 19.2 Å². The molecule has 8 rings (SSSR count). The Bertz CT molecular complexity index is 1790. The van der Waals surface area contributed by atoms with Gasteiger partial charge in [0.05, 0.1) is 67.1 Å². The van der Waals surface area contributed by atoms with E-state index in [0.29, 0.717) is 22.4 Å². The Morgan fingerprint density at radius 2 is 1.49 bits per heavy atom. The Morgan fingerprint density at radius 3 is 2.11 bits per heavy atom. The molecule has 0 aliphatic carbocycles. The van der Waals surface area contributed by atoms with Crippen molar-refractivity contribution in [3.8, 4) is 11.8 Å². The molecule has 4 aliphatic heterocycles. The second-order valence-corrected chi connectivity index (χ2v) is 13.1. The summed E-state index contributed by atoms with van der Waals surface area (Å²) in [7, 11) is 3.65. The number of methoxy groups -OCH3 is 1. The number of aryl methyl sites for hydroxylation is 1. The van der Waals surface area contributed by atoms with Crippen LogP contribution in [0.25, 0.3) is 32.8 Å². The molecule has 250 valence electrons. The highest BCUT2D eigenvalue weighted by Gasteiger charge is 2.28. The summed E-state index contributed by atoms with van der Waals surface area (Å²) in [5.74, 6) is 0.727. The van der Waals surface area contributed by atoms with Gasteiger partial charge in [-0.15, -0.1) is 0 Å². The quantitative estimate of drug-likeness (QED) is 0.346. The molecular weight excluding hydrogens is 594 g/mol. The minimum atomic E-state index is -0.0278. The smallest absolute Gasteiger partial charge is 0.199 e. The van der Waals surface area contributed by atoms with E-state index in [9.17, 15) is 10.1 Å². The summed E-state index contributed by atoms with van der Waals surface area (Å²) in [5.41, 5.74) is 3.97. The van der Waals surface area contributed by atoms with Gasteiger partial charge in [-0.05, 0) is 63.0 Å². The van der Waals surface area contributed by atoms with Crippen molar-refractivity contribution >= 4 is 38.5 Å². The van der Waals surface area contributed by atoms with Crippen molar-refractivity contribution in [2.45, 2.75) is 37.8 Å². The number of nitrogens with zero attached hydrogens (tertiary/aromatic N) is 5. The van der Waals surface area contributed by atoms with E-state index in [1.807, 2.05) is 23.7 Å². The van der Waals surface area contributed by atoms with E-state index in [1.165, 1.54) is 25.9 Å². The molecule has 0 spiro atoms. The molecule has 4 aromatic rings. The van der Waals surface area contributed by atoms with Crippen molar-refractivity contribution in [3.63, 3.8) is 0 Å². The molecular formula is C36H47N7O4. The molecule has 47 heavy (non-hydrogen) atoms. The number of pyridine rings is 1. The molecule has 6 heterocycles. The first kappa shape index (κ1) is 31.9. The summed E-state index contributed by atoms with van der Waals surface area (Å²) in [6.45, 7) is 12.1. The fraction of sp³-hybridized carbons (Fsp3) is 0.556. The molecule has 4 saturated heterocycles. The van der Waals surface area contributed by atoms with E-state index in [-0.39, 0.29) is 5.43 Å². The monoisotopic (exact) mass is 641 g/mol. The minimum Gasteiger partial charge on any atom is -0.495 e. The normalized spacial score (nSPS) is 20.7. The van der Waals surface area contributed by atoms with E-state index in [4.69, 9.17) is 14.2 Å². The fourth-order valence-electron chi connectivity index (χ4n) is 7.95. The fourth-order valence-corrected chi connectivity index (χ4v) is 7.95. The second kappa shape index (κ2) is 14.2. The summed E-state index contributed by atoms with van der Waals surface area (Å²) in [6, 6.07) is 13.0. The topological polar surface area (TPSA) is 111 Å². The van der Waals surface area contributed by atoms with Crippen LogP contribution in [0.2, 0.25) is 0 Å². The van der Waals surface area contributed by atoms with Crippen LogP contribution in [0, 0.1) is 11.3 Å². The van der Waals surface area contributed by atoms with Gasteiger partial charge < -0.3 is 34.0 Å². The summed E-state index contributed by atoms with van der Waals surface area (Å²) in [5, 5.41) is 14.8. The van der Waals surface area contributed by atoms with Crippen molar-refractivity contribution in [1.82, 2.24) is 24.7 Å². The van der Waals surface area contributed by atoms with Gasteiger partial charge in [0.25, 0.3) is 0 Å². The Hall–Kier alpha value is -3.66. The summed E-state index contributed by atoms with van der Waals surface area (Å²) < 4.78 is 18.7. The third-order valence-corrected chi connectivity index (χ3v) is 10.6. The van der Waals surface area contributed by atoms with Crippen LogP contribution in [0.3, 0.4) is 0 Å². The third-order valence-electron chi connectivity index (χ3n) is 10.6. The maximum absolute atomic E-state index is 13.7. The first-order chi connectivity index (χ1) is 23.1. The van der Waals surface area contributed by atoms with Crippen LogP contribution in [0.1, 0.15) is 31.2 Å². The lowest BCUT2D eigenvalue weighted by molar-refractivity contribution is 0.0101.